The van der Waals surface area contributed by atoms with Crippen molar-refractivity contribution in [3.8, 4) is 0 Å². The molecule has 4 rings (SSSR count). The standard InChI is InChI=1S/C19H20N2O2S/c22-17-16(14-4-2-1-3-5-14)12-19(20-17)7-9-21(10-8-19)18(23)15-6-11-24-13-15/h1-6,11,13,16H,7-10,12H2,(H,20,22)/t16-/m1/s1. The molecule has 1 atom stereocenters. The Labute approximate surface area is 145 Å². The highest BCUT2D eigenvalue weighted by molar-refractivity contribution is 7.08. The molecule has 0 aliphatic carbocycles. The van der Waals surface area contributed by atoms with Crippen LogP contribution in [0.2, 0.25) is 0 Å². The summed E-state index contributed by atoms with van der Waals surface area (Å²) in [6.45, 7) is 1.41. The lowest BCUT2D eigenvalue weighted by Crippen LogP contribution is -2.52. The van der Waals surface area contributed by atoms with Crippen LogP contribution in [0.3, 0.4) is 0 Å². The molecular weight excluding hydrogens is 320 g/mol. The van der Waals surface area contributed by atoms with Crippen LogP contribution < -0.4 is 5.32 Å². The van der Waals surface area contributed by atoms with Gasteiger partial charge in [-0.2, -0.15) is 11.3 Å². The van der Waals surface area contributed by atoms with Crippen molar-refractivity contribution in [1.82, 2.24) is 10.2 Å². The number of hydrogen-bond donors (Lipinski definition) is 1. The third kappa shape index (κ3) is 2.73. The zero-order valence-electron chi connectivity index (χ0n) is 13.4. The van der Waals surface area contributed by atoms with Gasteiger partial charge in [0, 0.05) is 24.0 Å². The first-order valence-electron chi connectivity index (χ1n) is 8.35. The molecule has 0 radical (unpaired) electrons. The Hall–Kier alpha value is -2.14. The van der Waals surface area contributed by atoms with Gasteiger partial charge in [0.05, 0.1) is 11.5 Å². The Balaban J connectivity index is 1.44. The molecule has 2 aliphatic heterocycles. The molecule has 2 amide bonds. The monoisotopic (exact) mass is 340 g/mol. The van der Waals surface area contributed by atoms with Gasteiger partial charge in [0.1, 0.15) is 0 Å². The smallest absolute Gasteiger partial charge is 0.254 e. The zero-order chi connectivity index (χ0) is 16.6. The number of piperidine rings is 1. The van der Waals surface area contributed by atoms with E-state index in [-0.39, 0.29) is 23.3 Å². The van der Waals surface area contributed by atoms with Gasteiger partial charge in [0.25, 0.3) is 5.91 Å². The minimum absolute atomic E-state index is 0.0645. The summed E-state index contributed by atoms with van der Waals surface area (Å²) in [4.78, 5) is 26.8. The first kappa shape index (κ1) is 15.4. The molecule has 3 heterocycles. The summed E-state index contributed by atoms with van der Waals surface area (Å²) < 4.78 is 0. The van der Waals surface area contributed by atoms with Crippen molar-refractivity contribution >= 4 is 23.2 Å². The summed E-state index contributed by atoms with van der Waals surface area (Å²) in [6, 6.07) is 11.9. The van der Waals surface area contributed by atoms with E-state index in [1.54, 1.807) is 11.3 Å². The second kappa shape index (κ2) is 6.06. The lowest BCUT2D eigenvalue weighted by atomic mass is 9.82. The van der Waals surface area contributed by atoms with Gasteiger partial charge >= 0.3 is 0 Å². The van der Waals surface area contributed by atoms with E-state index in [9.17, 15) is 9.59 Å². The molecule has 5 heteroatoms. The van der Waals surface area contributed by atoms with Crippen LogP contribution in [0.15, 0.2) is 47.2 Å². The summed E-state index contributed by atoms with van der Waals surface area (Å²) in [5.41, 5.74) is 1.71. The quantitative estimate of drug-likeness (QED) is 0.913. The van der Waals surface area contributed by atoms with E-state index in [1.807, 2.05) is 52.1 Å². The van der Waals surface area contributed by atoms with Gasteiger partial charge in [-0.1, -0.05) is 30.3 Å². The van der Waals surface area contributed by atoms with E-state index < -0.39 is 0 Å². The maximum atomic E-state index is 12.5. The average Bonchev–Trinajstić information content (AvgIpc) is 3.25. The molecule has 24 heavy (non-hydrogen) atoms. The minimum atomic E-state index is -0.150. The van der Waals surface area contributed by atoms with Gasteiger partial charge in [-0.25, -0.2) is 0 Å². The third-order valence-corrected chi connectivity index (χ3v) is 5.96. The van der Waals surface area contributed by atoms with Crippen molar-refractivity contribution < 1.29 is 9.59 Å². The van der Waals surface area contributed by atoms with Crippen molar-refractivity contribution in [3.63, 3.8) is 0 Å². The number of thiophene rings is 1. The Bertz CT molecular complexity index is 734. The average molecular weight is 340 g/mol. The molecule has 2 fully saturated rings. The van der Waals surface area contributed by atoms with E-state index in [0.717, 1.165) is 30.4 Å². The Morgan fingerprint density at radius 1 is 1.17 bits per heavy atom. The third-order valence-electron chi connectivity index (χ3n) is 5.28. The first-order chi connectivity index (χ1) is 11.7. The van der Waals surface area contributed by atoms with Crippen LogP contribution >= 0.6 is 11.3 Å². The molecular formula is C19H20N2O2S. The normalized spacial score (nSPS) is 22.6. The molecule has 1 aromatic heterocycles. The predicted octanol–water partition coefficient (Wildman–Crippen LogP) is 3.03. The number of nitrogens with one attached hydrogen (secondary N) is 1. The lowest BCUT2D eigenvalue weighted by molar-refractivity contribution is -0.121. The van der Waals surface area contributed by atoms with Crippen LogP contribution in [0.5, 0.6) is 0 Å². The zero-order valence-corrected chi connectivity index (χ0v) is 14.2. The van der Waals surface area contributed by atoms with E-state index in [4.69, 9.17) is 0 Å². The van der Waals surface area contributed by atoms with Crippen molar-refractivity contribution in [2.45, 2.75) is 30.7 Å². The molecule has 2 saturated heterocycles. The van der Waals surface area contributed by atoms with Crippen molar-refractivity contribution in [2.75, 3.05) is 13.1 Å². The number of carbonyl (C=O) groups excluding carboxylic acids is 2. The molecule has 1 N–H and O–H groups in total. The maximum absolute atomic E-state index is 12.5. The van der Waals surface area contributed by atoms with E-state index in [2.05, 4.69) is 5.32 Å². The SMILES string of the molecule is O=C1NC2(CCN(C(=O)c3ccsc3)CC2)C[C@@H]1c1ccccc1. The predicted molar refractivity (Wildman–Crippen MR) is 94.1 cm³/mol. The highest BCUT2D eigenvalue weighted by atomic mass is 32.1. The van der Waals surface area contributed by atoms with Crippen molar-refractivity contribution in [1.29, 1.82) is 0 Å². The summed E-state index contributed by atoms with van der Waals surface area (Å²) in [7, 11) is 0. The molecule has 2 aliphatic rings. The highest BCUT2D eigenvalue weighted by Crippen LogP contribution is 2.39. The van der Waals surface area contributed by atoms with Crippen LogP contribution in [0.4, 0.5) is 0 Å². The highest BCUT2D eigenvalue weighted by Gasteiger charge is 2.46. The summed E-state index contributed by atoms with van der Waals surface area (Å²) in [5.74, 6) is 0.166. The maximum Gasteiger partial charge on any atom is 0.254 e. The van der Waals surface area contributed by atoms with Gasteiger partial charge in [-0.15, -0.1) is 0 Å². The number of likely N-dealkylation sites (tertiary alicyclic amines) is 1. The van der Waals surface area contributed by atoms with Gasteiger partial charge < -0.3 is 10.2 Å². The van der Waals surface area contributed by atoms with Gasteiger partial charge in [-0.3, -0.25) is 9.59 Å². The second-order valence-electron chi connectivity index (χ2n) is 6.74. The molecule has 1 spiro atoms. The van der Waals surface area contributed by atoms with Gasteiger partial charge in [-0.05, 0) is 36.3 Å². The van der Waals surface area contributed by atoms with E-state index >= 15 is 0 Å². The number of carbonyl (C=O) groups is 2. The Kier molecular flexibility index (Phi) is 3.88. The van der Waals surface area contributed by atoms with Crippen molar-refractivity contribution in [2.24, 2.45) is 0 Å². The van der Waals surface area contributed by atoms with E-state index in [0.29, 0.717) is 13.1 Å². The number of rotatable bonds is 2. The summed E-state index contributed by atoms with van der Waals surface area (Å²) in [6.07, 6.45) is 2.49. The number of benzene rings is 1. The molecule has 4 nitrogen and oxygen atoms in total. The largest absolute Gasteiger partial charge is 0.350 e. The van der Waals surface area contributed by atoms with E-state index in [1.165, 1.54) is 0 Å². The minimum Gasteiger partial charge on any atom is -0.350 e. The van der Waals surface area contributed by atoms with Crippen LogP contribution in [-0.4, -0.2) is 35.3 Å². The first-order valence-corrected chi connectivity index (χ1v) is 9.30. The summed E-state index contributed by atoms with van der Waals surface area (Å²) in [5, 5.41) is 7.07. The fourth-order valence-electron chi connectivity index (χ4n) is 3.87. The molecule has 0 unspecified atom stereocenters. The fraction of sp³-hybridized carbons (Fsp3) is 0.368. The molecule has 2 aromatic rings. The van der Waals surface area contributed by atoms with Gasteiger partial charge in [0.2, 0.25) is 5.91 Å². The Morgan fingerprint density at radius 2 is 1.92 bits per heavy atom. The van der Waals surface area contributed by atoms with Crippen LogP contribution in [0.25, 0.3) is 0 Å². The van der Waals surface area contributed by atoms with Gasteiger partial charge in [0.15, 0.2) is 0 Å². The summed E-state index contributed by atoms with van der Waals surface area (Å²) >= 11 is 1.54. The topological polar surface area (TPSA) is 49.4 Å². The molecule has 1 aromatic carbocycles. The van der Waals surface area contributed by atoms with Crippen molar-refractivity contribution in [3.05, 3.63) is 58.3 Å². The number of hydrogen-bond acceptors (Lipinski definition) is 3. The molecule has 0 saturated carbocycles. The van der Waals surface area contributed by atoms with Crippen LogP contribution in [0, 0.1) is 0 Å². The fourth-order valence-corrected chi connectivity index (χ4v) is 4.50. The number of nitrogens with zero attached hydrogens (tertiary/aromatic N) is 1. The Morgan fingerprint density at radius 3 is 2.58 bits per heavy atom. The van der Waals surface area contributed by atoms with Crippen LogP contribution in [0.1, 0.15) is 41.1 Å². The molecule has 0 bridgehead atoms. The van der Waals surface area contributed by atoms with Crippen LogP contribution in [-0.2, 0) is 4.79 Å². The molecule has 124 valence electrons. The lowest BCUT2D eigenvalue weighted by Gasteiger charge is -2.39. The number of amides is 2. The second-order valence-corrected chi connectivity index (χ2v) is 7.52.